The van der Waals surface area contributed by atoms with Crippen LogP contribution < -0.4 is 15.8 Å². The third-order valence-corrected chi connectivity index (χ3v) is 5.36. The Kier molecular flexibility index (Phi) is 9.33. The minimum atomic E-state index is 0.0588. The third kappa shape index (κ3) is 7.25. The van der Waals surface area contributed by atoms with Gasteiger partial charge in [0.1, 0.15) is 23.9 Å². The van der Waals surface area contributed by atoms with E-state index in [9.17, 15) is 10.2 Å². The lowest BCUT2D eigenvalue weighted by atomic mass is 9.97. The number of nitrogens with two attached hydrogens (primary N) is 1. The Labute approximate surface area is 185 Å². The van der Waals surface area contributed by atoms with E-state index in [0.717, 1.165) is 36.2 Å². The van der Waals surface area contributed by atoms with Crippen LogP contribution in [0.3, 0.4) is 0 Å². The number of ether oxygens (including phenoxy) is 1. The Morgan fingerprint density at radius 3 is 2.61 bits per heavy atom. The van der Waals surface area contributed by atoms with Gasteiger partial charge in [0.05, 0.1) is 0 Å². The third-order valence-electron chi connectivity index (χ3n) is 5.36. The lowest BCUT2D eigenvalue weighted by molar-refractivity contribution is 0.218. The van der Waals surface area contributed by atoms with Gasteiger partial charge in [-0.25, -0.2) is 4.98 Å². The van der Waals surface area contributed by atoms with E-state index in [2.05, 4.69) is 22.2 Å². The van der Waals surface area contributed by atoms with Crippen molar-refractivity contribution in [1.82, 2.24) is 14.9 Å². The molecule has 0 aliphatic heterocycles. The molecule has 2 rings (SSSR count). The molecular formula is C23H37N5O3. The number of rotatable bonds is 12. The van der Waals surface area contributed by atoms with Gasteiger partial charge in [0.15, 0.2) is 0 Å². The number of phenols is 1. The molecule has 0 saturated heterocycles. The summed E-state index contributed by atoms with van der Waals surface area (Å²) in [6, 6.07) is 5.42. The first-order chi connectivity index (χ1) is 14.7. The highest BCUT2D eigenvalue weighted by molar-refractivity contribution is 5.54. The normalized spacial score (nSPS) is 13.3. The zero-order valence-corrected chi connectivity index (χ0v) is 19.4. The summed E-state index contributed by atoms with van der Waals surface area (Å²) < 4.78 is 5.71. The highest BCUT2D eigenvalue weighted by atomic mass is 16.5. The predicted molar refractivity (Wildman–Crippen MR) is 125 cm³/mol. The molecule has 31 heavy (non-hydrogen) atoms. The zero-order chi connectivity index (χ0) is 23.0. The summed E-state index contributed by atoms with van der Waals surface area (Å²) in [7, 11) is 3.97. The van der Waals surface area contributed by atoms with E-state index >= 15 is 0 Å². The largest absolute Gasteiger partial charge is 0.508 e. The van der Waals surface area contributed by atoms with Gasteiger partial charge in [0.25, 0.3) is 0 Å². The van der Waals surface area contributed by atoms with Gasteiger partial charge in [-0.05, 0) is 45.0 Å². The number of anilines is 2. The number of hydrogen-bond acceptors (Lipinski definition) is 8. The lowest BCUT2D eigenvalue weighted by Crippen LogP contribution is -2.30. The molecule has 2 atom stereocenters. The highest BCUT2D eigenvalue weighted by Gasteiger charge is 2.20. The van der Waals surface area contributed by atoms with Crippen LogP contribution in [0.2, 0.25) is 0 Å². The van der Waals surface area contributed by atoms with E-state index in [1.54, 1.807) is 6.07 Å². The van der Waals surface area contributed by atoms with Crippen molar-refractivity contribution in [3.63, 3.8) is 0 Å². The number of aryl methyl sites for hydroxylation is 1. The summed E-state index contributed by atoms with van der Waals surface area (Å²) in [6.07, 6.45) is 2.33. The van der Waals surface area contributed by atoms with Crippen LogP contribution in [-0.2, 0) is 6.42 Å². The minimum absolute atomic E-state index is 0.0588. The van der Waals surface area contributed by atoms with Gasteiger partial charge in [0, 0.05) is 42.9 Å². The average molecular weight is 432 g/mol. The van der Waals surface area contributed by atoms with Gasteiger partial charge in [-0.1, -0.05) is 26.3 Å². The molecule has 0 spiro atoms. The number of aliphatic hydroxyl groups excluding tert-OH is 1. The monoisotopic (exact) mass is 431 g/mol. The fourth-order valence-electron chi connectivity index (χ4n) is 3.38. The maximum Gasteiger partial charge on any atom is 0.222 e. The van der Waals surface area contributed by atoms with Gasteiger partial charge >= 0.3 is 0 Å². The minimum Gasteiger partial charge on any atom is -0.508 e. The van der Waals surface area contributed by atoms with Gasteiger partial charge in [0.2, 0.25) is 5.95 Å². The molecule has 2 unspecified atom stereocenters. The maximum absolute atomic E-state index is 10.6. The number of phenolic OH excluding ortho intramolecular Hbond substituents is 1. The summed E-state index contributed by atoms with van der Waals surface area (Å²) in [5.41, 5.74) is 8.30. The Morgan fingerprint density at radius 1 is 1.26 bits per heavy atom. The number of likely N-dealkylation sites (N-methyl/N-ethyl adjacent to an activating group) is 1. The van der Waals surface area contributed by atoms with Gasteiger partial charge in [-0.3, -0.25) is 0 Å². The van der Waals surface area contributed by atoms with Gasteiger partial charge in [-0.15, -0.1) is 0 Å². The first-order valence-electron chi connectivity index (χ1n) is 10.8. The molecule has 1 aromatic carbocycles. The second-order valence-electron chi connectivity index (χ2n) is 8.31. The first kappa shape index (κ1) is 24.7. The maximum atomic E-state index is 10.6. The van der Waals surface area contributed by atoms with Crippen molar-refractivity contribution >= 4 is 11.8 Å². The average Bonchev–Trinajstić information content (AvgIpc) is 2.70. The molecule has 0 radical (unpaired) electrons. The van der Waals surface area contributed by atoms with Crippen LogP contribution in [0, 0.1) is 12.8 Å². The molecule has 1 heterocycles. The van der Waals surface area contributed by atoms with E-state index in [4.69, 9.17) is 10.5 Å². The SMILES string of the molecule is CCCC(Nc1nc(N)nc(C)c1Cc1ccc(OCCN(C)C)cc1O)C(C)CO. The molecular weight excluding hydrogens is 394 g/mol. The summed E-state index contributed by atoms with van der Waals surface area (Å²) in [5, 5.41) is 23.7. The smallest absolute Gasteiger partial charge is 0.222 e. The number of aliphatic hydroxyl groups is 1. The van der Waals surface area contributed by atoms with Crippen LogP contribution in [-0.4, -0.2) is 65.0 Å². The second kappa shape index (κ2) is 11.7. The number of nitrogens with one attached hydrogen (secondary N) is 1. The van der Waals surface area contributed by atoms with Crippen molar-refractivity contribution in [2.45, 2.75) is 46.1 Å². The van der Waals surface area contributed by atoms with Crippen molar-refractivity contribution in [3.8, 4) is 11.5 Å². The van der Waals surface area contributed by atoms with Crippen molar-refractivity contribution in [1.29, 1.82) is 0 Å². The Morgan fingerprint density at radius 2 is 2.00 bits per heavy atom. The van der Waals surface area contributed by atoms with Gasteiger partial charge < -0.3 is 30.9 Å². The fourth-order valence-corrected chi connectivity index (χ4v) is 3.38. The zero-order valence-electron chi connectivity index (χ0n) is 19.4. The van der Waals surface area contributed by atoms with E-state index < -0.39 is 0 Å². The summed E-state index contributed by atoms with van der Waals surface area (Å²) in [5.74, 6) is 1.71. The second-order valence-corrected chi connectivity index (χ2v) is 8.31. The Hall–Kier alpha value is -2.58. The first-order valence-corrected chi connectivity index (χ1v) is 10.8. The van der Waals surface area contributed by atoms with Crippen molar-refractivity contribution in [2.75, 3.05) is 44.9 Å². The Balaban J connectivity index is 2.26. The number of benzene rings is 1. The number of hydrogen-bond donors (Lipinski definition) is 4. The van der Waals surface area contributed by atoms with Crippen LogP contribution in [0.25, 0.3) is 0 Å². The number of aromatic hydroxyl groups is 1. The number of aromatic nitrogens is 2. The summed E-state index contributed by atoms with van der Waals surface area (Å²) in [6.45, 7) is 7.43. The molecule has 0 aliphatic rings. The van der Waals surface area contributed by atoms with Crippen LogP contribution in [0.5, 0.6) is 11.5 Å². The standard InChI is InChI=1S/C23H37N5O3/c1-6-7-20(15(2)14-29)26-22-19(16(3)25-23(24)27-22)12-17-8-9-18(13-21(17)30)31-11-10-28(4)5/h8-9,13,15,20,29-30H,6-7,10-12,14H2,1-5H3,(H3,24,25,26,27). The molecule has 172 valence electrons. The molecule has 0 bridgehead atoms. The molecule has 0 fully saturated rings. The number of nitrogen functional groups attached to an aromatic ring is 1. The topological polar surface area (TPSA) is 117 Å². The van der Waals surface area contributed by atoms with Crippen LogP contribution in [0.1, 0.15) is 43.5 Å². The van der Waals surface area contributed by atoms with Crippen molar-refractivity contribution in [2.24, 2.45) is 5.92 Å². The molecule has 0 aliphatic carbocycles. The summed E-state index contributed by atoms with van der Waals surface area (Å²) >= 11 is 0. The van der Waals surface area contributed by atoms with Crippen LogP contribution >= 0.6 is 0 Å². The predicted octanol–water partition coefficient (Wildman–Crippen LogP) is 2.81. The molecule has 0 saturated carbocycles. The van der Waals surface area contributed by atoms with E-state index in [-0.39, 0.29) is 30.3 Å². The van der Waals surface area contributed by atoms with Crippen LogP contribution in [0.4, 0.5) is 11.8 Å². The molecule has 0 amide bonds. The van der Waals surface area contributed by atoms with E-state index in [1.165, 1.54) is 0 Å². The number of nitrogens with zero attached hydrogens (tertiary/aromatic N) is 3. The van der Waals surface area contributed by atoms with E-state index in [1.807, 2.05) is 45.0 Å². The molecule has 8 heteroatoms. The summed E-state index contributed by atoms with van der Waals surface area (Å²) in [4.78, 5) is 10.8. The quantitative estimate of drug-likeness (QED) is 0.405. The van der Waals surface area contributed by atoms with Gasteiger partial charge in [-0.2, -0.15) is 4.98 Å². The Bertz CT molecular complexity index is 844. The molecule has 8 nitrogen and oxygen atoms in total. The highest BCUT2D eigenvalue weighted by Crippen LogP contribution is 2.30. The van der Waals surface area contributed by atoms with Crippen molar-refractivity contribution in [3.05, 3.63) is 35.0 Å². The molecule has 1 aromatic heterocycles. The molecule has 2 aromatic rings. The lowest BCUT2D eigenvalue weighted by Gasteiger charge is -2.26. The van der Waals surface area contributed by atoms with E-state index in [0.29, 0.717) is 24.6 Å². The van der Waals surface area contributed by atoms with Crippen molar-refractivity contribution < 1.29 is 14.9 Å². The van der Waals surface area contributed by atoms with Crippen LogP contribution in [0.15, 0.2) is 18.2 Å². The molecule has 5 N–H and O–H groups in total. The fraction of sp³-hybridized carbons (Fsp3) is 0.565.